The first-order valence-electron chi connectivity index (χ1n) is 6.91. The Morgan fingerprint density at radius 2 is 2.06 bits per heavy atom. The fourth-order valence-electron chi connectivity index (χ4n) is 2.33. The Labute approximate surface area is 102 Å². The highest BCUT2D eigenvalue weighted by Crippen LogP contribution is 2.29. The number of hydrogen-bond donors (Lipinski definition) is 0. The van der Waals surface area contributed by atoms with Crippen LogP contribution in [0.2, 0.25) is 19.6 Å². The van der Waals surface area contributed by atoms with Gasteiger partial charge >= 0.3 is 0 Å². The van der Waals surface area contributed by atoms with Gasteiger partial charge in [-0.15, -0.1) is 0 Å². The molecule has 0 unspecified atom stereocenters. The molecule has 0 spiro atoms. The monoisotopic (exact) mass is 240 g/mol. The molecule has 1 aliphatic carbocycles. The molecule has 1 atom stereocenters. The van der Waals surface area contributed by atoms with Crippen molar-refractivity contribution in [3.8, 4) is 0 Å². The zero-order chi connectivity index (χ0) is 12.0. The summed E-state index contributed by atoms with van der Waals surface area (Å²) in [5.41, 5.74) is 0. The fourth-order valence-corrected chi connectivity index (χ4v) is 3.29. The molecule has 0 aliphatic heterocycles. The Morgan fingerprint density at radius 1 is 1.31 bits per heavy atom. The van der Waals surface area contributed by atoms with Crippen molar-refractivity contribution in [2.75, 3.05) is 0 Å². The van der Waals surface area contributed by atoms with Gasteiger partial charge in [0, 0.05) is 6.42 Å². The summed E-state index contributed by atoms with van der Waals surface area (Å²) >= 11 is 0. The van der Waals surface area contributed by atoms with E-state index in [9.17, 15) is 0 Å². The maximum Gasteiger partial charge on any atom is 0.241 e. The lowest BCUT2D eigenvalue weighted by Gasteiger charge is -2.27. The zero-order valence-corrected chi connectivity index (χ0v) is 12.5. The van der Waals surface area contributed by atoms with Crippen LogP contribution >= 0.6 is 0 Å². The van der Waals surface area contributed by atoms with Crippen molar-refractivity contribution in [3.63, 3.8) is 0 Å². The minimum absolute atomic E-state index is 0.798. The van der Waals surface area contributed by atoms with E-state index < -0.39 is 8.32 Å². The molecule has 0 heterocycles. The normalized spacial score (nSPS) is 21.8. The number of rotatable bonds is 6. The second kappa shape index (κ2) is 6.48. The summed E-state index contributed by atoms with van der Waals surface area (Å²) in [6.07, 6.45) is 11.8. The average Bonchev–Trinajstić information content (AvgIpc) is 2.16. The molecule has 0 fully saturated rings. The quantitative estimate of drug-likeness (QED) is 0.463. The largest absolute Gasteiger partial charge is 0.548 e. The van der Waals surface area contributed by atoms with Crippen LogP contribution in [0.25, 0.3) is 0 Å². The van der Waals surface area contributed by atoms with Gasteiger partial charge in [0.1, 0.15) is 0 Å². The highest BCUT2D eigenvalue weighted by atomic mass is 28.4. The van der Waals surface area contributed by atoms with Crippen LogP contribution in [0.3, 0.4) is 0 Å². The van der Waals surface area contributed by atoms with E-state index in [1.807, 2.05) is 0 Å². The van der Waals surface area contributed by atoms with Crippen molar-refractivity contribution >= 4 is 8.32 Å². The molecule has 1 aliphatic rings. The third-order valence-corrected chi connectivity index (χ3v) is 3.91. The second-order valence-electron chi connectivity index (χ2n) is 6.00. The lowest BCUT2D eigenvalue weighted by Crippen LogP contribution is -2.26. The van der Waals surface area contributed by atoms with Crippen LogP contribution in [0, 0.1) is 5.92 Å². The summed E-state index contributed by atoms with van der Waals surface area (Å²) in [5.74, 6) is 2.10. The van der Waals surface area contributed by atoms with E-state index >= 15 is 0 Å². The van der Waals surface area contributed by atoms with Crippen LogP contribution in [-0.2, 0) is 4.43 Å². The standard InChI is InChI=1S/C14H28OSi/c1-5-6-7-9-13-10-8-11-14(12-13)15-16(2,3)4/h12-13H,5-11H2,1-4H3/t13-/m1/s1. The van der Waals surface area contributed by atoms with Crippen molar-refractivity contribution in [1.29, 1.82) is 0 Å². The summed E-state index contributed by atoms with van der Waals surface area (Å²) < 4.78 is 6.12. The molecule has 0 saturated carbocycles. The highest BCUT2D eigenvalue weighted by Gasteiger charge is 2.21. The fraction of sp³-hybridized carbons (Fsp3) is 0.857. The van der Waals surface area contributed by atoms with Gasteiger partial charge in [0.2, 0.25) is 8.32 Å². The number of unbranched alkanes of at least 4 members (excludes halogenated alkanes) is 2. The summed E-state index contributed by atoms with van der Waals surface area (Å²) in [6, 6.07) is 0. The van der Waals surface area contributed by atoms with Crippen LogP contribution in [0.4, 0.5) is 0 Å². The lowest BCUT2D eigenvalue weighted by molar-refractivity contribution is 0.349. The molecule has 0 aromatic carbocycles. The average molecular weight is 240 g/mol. The van der Waals surface area contributed by atoms with Gasteiger partial charge in [0.15, 0.2) is 0 Å². The van der Waals surface area contributed by atoms with Gasteiger partial charge in [-0.1, -0.05) is 26.2 Å². The van der Waals surface area contributed by atoms with Crippen molar-refractivity contribution in [2.24, 2.45) is 5.92 Å². The van der Waals surface area contributed by atoms with Gasteiger partial charge in [-0.05, 0) is 50.9 Å². The molecular formula is C14H28OSi. The summed E-state index contributed by atoms with van der Waals surface area (Å²) in [5, 5.41) is 0. The van der Waals surface area contributed by atoms with Gasteiger partial charge in [0.25, 0.3) is 0 Å². The van der Waals surface area contributed by atoms with Crippen LogP contribution in [0.15, 0.2) is 11.8 Å². The van der Waals surface area contributed by atoms with Gasteiger partial charge in [0.05, 0.1) is 5.76 Å². The van der Waals surface area contributed by atoms with Gasteiger partial charge in [-0.2, -0.15) is 0 Å². The predicted molar refractivity (Wildman–Crippen MR) is 74.0 cm³/mol. The third kappa shape index (κ3) is 5.74. The minimum Gasteiger partial charge on any atom is -0.548 e. The number of hydrogen-bond acceptors (Lipinski definition) is 1. The van der Waals surface area contributed by atoms with Crippen LogP contribution in [0.5, 0.6) is 0 Å². The molecule has 2 heteroatoms. The Kier molecular flexibility index (Phi) is 5.60. The van der Waals surface area contributed by atoms with Crippen molar-refractivity contribution < 1.29 is 4.43 Å². The molecule has 0 radical (unpaired) electrons. The molecule has 0 aromatic rings. The van der Waals surface area contributed by atoms with Crippen LogP contribution in [0.1, 0.15) is 51.9 Å². The molecule has 1 nitrogen and oxygen atoms in total. The van der Waals surface area contributed by atoms with Crippen LogP contribution in [-0.4, -0.2) is 8.32 Å². The second-order valence-corrected chi connectivity index (χ2v) is 10.4. The van der Waals surface area contributed by atoms with E-state index in [1.54, 1.807) is 0 Å². The first kappa shape index (κ1) is 13.8. The molecule has 0 saturated heterocycles. The maximum atomic E-state index is 6.12. The molecule has 1 rings (SSSR count). The van der Waals surface area contributed by atoms with Gasteiger partial charge in [-0.3, -0.25) is 0 Å². The van der Waals surface area contributed by atoms with E-state index in [0.29, 0.717) is 0 Å². The van der Waals surface area contributed by atoms with E-state index in [4.69, 9.17) is 4.43 Å². The minimum atomic E-state index is -1.38. The Morgan fingerprint density at radius 3 is 2.69 bits per heavy atom. The molecule has 0 N–H and O–H groups in total. The molecule has 0 amide bonds. The van der Waals surface area contributed by atoms with Crippen molar-refractivity contribution in [3.05, 3.63) is 11.8 Å². The van der Waals surface area contributed by atoms with Gasteiger partial charge < -0.3 is 4.43 Å². The molecule has 0 bridgehead atoms. The Hall–Kier alpha value is -0.243. The van der Waals surface area contributed by atoms with Crippen molar-refractivity contribution in [1.82, 2.24) is 0 Å². The first-order chi connectivity index (χ1) is 7.51. The van der Waals surface area contributed by atoms with Gasteiger partial charge in [-0.25, -0.2) is 0 Å². The van der Waals surface area contributed by atoms with E-state index in [1.165, 1.54) is 50.7 Å². The third-order valence-electron chi connectivity index (χ3n) is 3.04. The van der Waals surface area contributed by atoms with E-state index in [2.05, 4.69) is 32.6 Å². The summed E-state index contributed by atoms with van der Waals surface area (Å²) in [6.45, 7) is 9.09. The molecule has 0 aromatic heterocycles. The maximum absolute atomic E-state index is 6.12. The SMILES string of the molecule is CCCCC[C@H]1C=C(O[Si](C)(C)C)CCC1. The molecule has 94 valence electrons. The zero-order valence-electron chi connectivity index (χ0n) is 11.5. The Bertz CT molecular complexity index is 227. The lowest BCUT2D eigenvalue weighted by atomic mass is 9.90. The van der Waals surface area contributed by atoms with Crippen LogP contribution < -0.4 is 0 Å². The topological polar surface area (TPSA) is 9.23 Å². The Balaban J connectivity index is 2.39. The summed E-state index contributed by atoms with van der Waals surface area (Å²) in [7, 11) is -1.38. The summed E-state index contributed by atoms with van der Waals surface area (Å²) in [4.78, 5) is 0. The van der Waals surface area contributed by atoms with E-state index in [0.717, 1.165) is 5.92 Å². The highest BCUT2D eigenvalue weighted by molar-refractivity contribution is 6.70. The first-order valence-corrected chi connectivity index (χ1v) is 10.3. The molecule has 16 heavy (non-hydrogen) atoms. The smallest absolute Gasteiger partial charge is 0.241 e. The number of allylic oxidation sites excluding steroid dienone is 2. The molecular weight excluding hydrogens is 212 g/mol. The predicted octanol–water partition coefficient (Wildman–Crippen LogP) is 5.10. The van der Waals surface area contributed by atoms with E-state index in [-0.39, 0.29) is 0 Å². The van der Waals surface area contributed by atoms with Crippen molar-refractivity contribution in [2.45, 2.75) is 71.5 Å².